The zero-order chi connectivity index (χ0) is 13.0. The van der Waals surface area contributed by atoms with Gasteiger partial charge in [-0.05, 0) is 12.5 Å². The van der Waals surface area contributed by atoms with Crippen molar-refractivity contribution in [1.29, 1.82) is 0 Å². The van der Waals surface area contributed by atoms with Crippen LogP contribution in [0, 0.1) is 0 Å². The van der Waals surface area contributed by atoms with E-state index < -0.39 is 0 Å². The Morgan fingerprint density at radius 1 is 1.53 bits per heavy atom. The zero-order valence-corrected chi connectivity index (χ0v) is 11.0. The molecule has 1 rings (SSSR count). The molecule has 0 saturated carbocycles. The average Bonchev–Trinajstić information content (AvgIpc) is 2.31. The summed E-state index contributed by atoms with van der Waals surface area (Å²) in [7, 11) is 3.24. The second kappa shape index (κ2) is 5.77. The highest BCUT2D eigenvalue weighted by Gasteiger charge is 2.17. The Balaban J connectivity index is 3.12. The fourth-order valence-electron chi connectivity index (χ4n) is 1.55. The van der Waals surface area contributed by atoms with Gasteiger partial charge in [0.05, 0.1) is 23.4 Å². The number of anilines is 1. The third kappa shape index (κ3) is 3.03. The Kier molecular flexibility index (Phi) is 4.63. The Morgan fingerprint density at radius 2 is 2.18 bits per heavy atom. The number of amides is 1. The number of benzene rings is 1. The number of methoxy groups -OCH3 is 1. The summed E-state index contributed by atoms with van der Waals surface area (Å²) in [6, 6.07) is 3.11. The maximum absolute atomic E-state index is 12.1. The van der Waals surface area contributed by atoms with Crippen LogP contribution in [0.3, 0.4) is 0 Å². The van der Waals surface area contributed by atoms with E-state index in [2.05, 4.69) is 0 Å². The molecule has 0 bridgehead atoms. The minimum absolute atomic E-state index is 0.120. The molecule has 0 radical (unpaired) electrons. The standard InChI is InChI=1S/C12H17ClN2O2/c1-4-5-15(2)12(16)8-6-9(13)10(14)7-11(8)17-3/h6-7H,4-5,14H2,1-3H3. The third-order valence-corrected chi connectivity index (χ3v) is 2.78. The van der Waals surface area contributed by atoms with Gasteiger partial charge in [0.2, 0.25) is 0 Å². The van der Waals surface area contributed by atoms with E-state index in [0.717, 1.165) is 6.42 Å². The predicted octanol–water partition coefficient (Wildman–Crippen LogP) is 2.41. The third-order valence-electron chi connectivity index (χ3n) is 2.45. The molecule has 0 atom stereocenters. The van der Waals surface area contributed by atoms with Gasteiger partial charge in [-0.15, -0.1) is 0 Å². The Morgan fingerprint density at radius 3 is 2.71 bits per heavy atom. The second-order valence-corrected chi connectivity index (χ2v) is 4.21. The van der Waals surface area contributed by atoms with E-state index in [9.17, 15) is 4.79 Å². The summed E-state index contributed by atoms with van der Waals surface area (Å²) in [5, 5.41) is 0.360. The van der Waals surface area contributed by atoms with Crippen molar-refractivity contribution >= 4 is 23.2 Å². The summed E-state index contributed by atoms with van der Waals surface area (Å²) in [5.74, 6) is 0.324. The monoisotopic (exact) mass is 256 g/mol. The van der Waals surface area contributed by atoms with Crippen molar-refractivity contribution in [2.24, 2.45) is 0 Å². The Hall–Kier alpha value is -1.42. The van der Waals surface area contributed by atoms with Crippen molar-refractivity contribution in [3.8, 4) is 5.75 Å². The van der Waals surface area contributed by atoms with E-state index in [-0.39, 0.29) is 5.91 Å². The Bertz CT molecular complexity index is 421. The van der Waals surface area contributed by atoms with Crippen LogP contribution in [0.1, 0.15) is 23.7 Å². The highest BCUT2D eigenvalue weighted by molar-refractivity contribution is 6.33. The molecule has 0 heterocycles. The summed E-state index contributed by atoms with van der Waals surface area (Å²) in [4.78, 5) is 13.8. The lowest BCUT2D eigenvalue weighted by atomic mass is 10.1. The minimum atomic E-state index is -0.120. The molecule has 5 heteroatoms. The highest BCUT2D eigenvalue weighted by atomic mass is 35.5. The average molecular weight is 257 g/mol. The van der Waals surface area contributed by atoms with Gasteiger partial charge in [-0.3, -0.25) is 4.79 Å². The van der Waals surface area contributed by atoms with Gasteiger partial charge >= 0.3 is 0 Å². The normalized spacial score (nSPS) is 10.1. The molecule has 94 valence electrons. The number of ether oxygens (including phenoxy) is 1. The molecule has 0 spiro atoms. The predicted molar refractivity (Wildman–Crippen MR) is 69.7 cm³/mol. The van der Waals surface area contributed by atoms with Crippen molar-refractivity contribution < 1.29 is 9.53 Å². The van der Waals surface area contributed by atoms with Gasteiger partial charge in [0.15, 0.2) is 0 Å². The van der Waals surface area contributed by atoms with Crippen LogP contribution in [-0.4, -0.2) is 31.5 Å². The van der Waals surface area contributed by atoms with Gasteiger partial charge in [-0.25, -0.2) is 0 Å². The van der Waals surface area contributed by atoms with Gasteiger partial charge in [-0.1, -0.05) is 18.5 Å². The van der Waals surface area contributed by atoms with Crippen molar-refractivity contribution in [1.82, 2.24) is 4.90 Å². The molecule has 0 aliphatic heterocycles. The summed E-state index contributed by atoms with van der Waals surface area (Å²) < 4.78 is 5.14. The molecule has 1 amide bonds. The smallest absolute Gasteiger partial charge is 0.257 e. The van der Waals surface area contributed by atoms with Crippen LogP contribution in [0.15, 0.2) is 12.1 Å². The lowest BCUT2D eigenvalue weighted by Gasteiger charge is -2.18. The molecule has 0 unspecified atom stereocenters. The molecule has 0 aromatic heterocycles. The van der Waals surface area contributed by atoms with Gasteiger partial charge < -0.3 is 15.4 Å². The van der Waals surface area contributed by atoms with Crippen molar-refractivity contribution in [3.63, 3.8) is 0 Å². The quantitative estimate of drug-likeness (QED) is 0.842. The van der Waals surface area contributed by atoms with Crippen LogP contribution < -0.4 is 10.5 Å². The molecule has 0 saturated heterocycles. The van der Waals surface area contributed by atoms with Gasteiger partial charge in [0.1, 0.15) is 5.75 Å². The molecule has 0 fully saturated rings. The van der Waals surface area contributed by atoms with E-state index in [4.69, 9.17) is 22.1 Å². The minimum Gasteiger partial charge on any atom is -0.496 e. The molecule has 17 heavy (non-hydrogen) atoms. The molecule has 4 nitrogen and oxygen atoms in total. The molecule has 0 aliphatic rings. The van der Waals surface area contributed by atoms with Crippen LogP contribution >= 0.6 is 11.6 Å². The van der Waals surface area contributed by atoms with E-state index in [1.54, 1.807) is 24.1 Å². The number of carbonyl (C=O) groups excluding carboxylic acids is 1. The first-order valence-electron chi connectivity index (χ1n) is 5.39. The van der Waals surface area contributed by atoms with Crippen LogP contribution in [-0.2, 0) is 0 Å². The fourth-order valence-corrected chi connectivity index (χ4v) is 1.71. The van der Waals surface area contributed by atoms with E-state index >= 15 is 0 Å². The summed E-state index contributed by atoms with van der Waals surface area (Å²) in [6.45, 7) is 2.70. The molecular weight excluding hydrogens is 240 g/mol. The molecule has 0 aliphatic carbocycles. The van der Waals surface area contributed by atoms with E-state index in [1.807, 2.05) is 6.92 Å². The first kappa shape index (κ1) is 13.6. The number of nitrogens with two attached hydrogens (primary N) is 1. The van der Waals surface area contributed by atoms with Crippen LogP contribution in [0.4, 0.5) is 5.69 Å². The molecule has 1 aromatic rings. The zero-order valence-electron chi connectivity index (χ0n) is 10.3. The van der Waals surface area contributed by atoms with E-state index in [1.165, 1.54) is 7.11 Å². The first-order valence-corrected chi connectivity index (χ1v) is 5.77. The summed E-state index contributed by atoms with van der Waals surface area (Å²) in [6.07, 6.45) is 0.896. The number of hydrogen-bond acceptors (Lipinski definition) is 3. The maximum Gasteiger partial charge on any atom is 0.257 e. The van der Waals surface area contributed by atoms with Gasteiger partial charge in [0.25, 0.3) is 5.91 Å². The van der Waals surface area contributed by atoms with Gasteiger partial charge in [0, 0.05) is 19.7 Å². The number of nitrogens with zero attached hydrogens (tertiary/aromatic N) is 1. The Labute approximate surface area is 106 Å². The number of rotatable bonds is 4. The van der Waals surface area contributed by atoms with Crippen LogP contribution in [0.25, 0.3) is 0 Å². The number of hydrogen-bond donors (Lipinski definition) is 1. The van der Waals surface area contributed by atoms with Gasteiger partial charge in [-0.2, -0.15) is 0 Å². The molecule has 1 aromatic carbocycles. The van der Waals surface area contributed by atoms with E-state index in [0.29, 0.717) is 28.6 Å². The maximum atomic E-state index is 12.1. The van der Waals surface area contributed by atoms with Crippen LogP contribution in [0.2, 0.25) is 5.02 Å². The fraction of sp³-hybridized carbons (Fsp3) is 0.417. The first-order chi connectivity index (χ1) is 8.01. The second-order valence-electron chi connectivity index (χ2n) is 3.80. The number of carbonyl (C=O) groups is 1. The SMILES string of the molecule is CCCN(C)C(=O)c1cc(Cl)c(N)cc1OC. The lowest BCUT2D eigenvalue weighted by molar-refractivity contribution is 0.0792. The number of nitrogen functional groups attached to an aromatic ring is 1. The highest BCUT2D eigenvalue weighted by Crippen LogP contribution is 2.29. The molecule has 2 N–H and O–H groups in total. The topological polar surface area (TPSA) is 55.6 Å². The lowest BCUT2D eigenvalue weighted by Crippen LogP contribution is -2.27. The van der Waals surface area contributed by atoms with Crippen molar-refractivity contribution in [3.05, 3.63) is 22.7 Å². The van der Waals surface area contributed by atoms with Crippen molar-refractivity contribution in [2.45, 2.75) is 13.3 Å². The van der Waals surface area contributed by atoms with Crippen LogP contribution in [0.5, 0.6) is 5.75 Å². The largest absolute Gasteiger partial charge is 0.496 e. The summed E-state index contributed by atoms with van der Waals surface area (Å²) >= 11 is 5.92. The summed E-state index contributed by atoms with van der Waals surface area (Å²) in [5.41, 5.74) is 6.50. The van der Waals surface area contributed by atoms with Crippen molar-refractivity contribution in [2.75, 3.05) is 26.4 Å². The molecular formula is C12H17ClN2O2. The number of halogens is 1.